The predicted octanol–water partition coefficient (Wildman–Crippen LogP) is 2.33. The fourth-order valence-electron chi connectivity index (χ4n) is 5.40. The highest BCUT2D eigenvalue weighted by Gasteiger charge is 2.48. The second-order valence-corrected chi connectivity index (χ2v) is 8.57. The molecule has 4 rings (SSSR count). The molecule has 1 unspecified atom stereocenters. The van der Waals surface area contributed by atoms with E-state index in [0.717, 1.165) is 19.5 Å². The molecule has 5 nitrogen and oxygen atoms in total. The Morgan fingerprint density at radius 2 is 1.81 bits per heavy atom. The number of hydrogen-bond acceptors (Lipinski definition) is 3. The number of carbonyl (C=O) groups excluding carboxylic acids is 2. The Hall–Kier alpha value is -1.88. The average Bonchev–Trinajstić information content (AvgIpc) is 3.20. The van der Waals surface area contributed by atoms with Crippen LogP contribution in [-0.4, -0.2) is 72.3 Å². The van der Waals surface area contributed by atoms with E-state index >= 15 is 0 Å². The van der Waals surface area contributed by atoms with E-state index in [2.05, 4.69) is 47.2 Å². The van der Waals surface area contributed by atoms with Crippen molar-refractivity contribution in [3.8, 4) is 0 Å². The predicted molar refractivity (Wildman–Crippen MR) is 105 cm³/mol. The Balaban J connectivity index is 1.63. The van der Waals surface area contributed by atoms with E-state index in [0.29, 0.717) is 24.9 Å². The number of hydrogen-bond donors (Lipinski definition) is 0. The third kappa shape index (κ3) is 3.49. The van der Waals surface area contributed by atoms with E-state index in [1.54, 1.807) is 11.9 Å². The molecule has 146 valence electrons. The average molecular weight is 370 g/mol. The van der Waals surface area contributed by atoms with Crippen LogP contribution in [0, 0.1) is 5.92 Å². The van der Waals surface area contributed by atoms with Gasteiger partial charge in [-0.3, -0.25) is 9.59 Å². The van der Waals surface area contributed by atoms with Gasteiger partial charge in [0.1, 0.15) is 0 Å². The summed E-state index contributed by atoms with van der Waals surface area (Å²) in [5, 5.41) is 0. The van der Waals surface area contributed by atoms with Gasteiger partial charge in [0.2, 0.25) is 11.8 Å². The van der Waals surface area contributed by atoms with Gasteiger partial charge in [0.25, 0.3) is 0 Å². The first kappa shape index (κ1) is 18.5. The van der Waals surface area contributed by atoms with Crippen molar-refractivity contribution in [2.24, 2.45) is 5.92 Å². The number of amides is 2. The van der Waals surface area contributed by atoms with Crippen molar-refractivity contribution in [3.05, 3.63) is 35.9 Å². The molecule has 3 heterocycles. The number of nitrogens with zero attached hydrogens (tertiary/aromatic N) is 3. The molecule has 3 saturated heterocycles. The summed E-state index contributed by atoms with van der Waals surface area (Å²) in [6.07, 6.45) is 5.09. The van der Waals surface area contributed by atoms with Crippen molar-refractivity contribution in [3.63, 3.8) is 0 Å². The molecule has 1 aromatic carbocycles. The molecule has 3 fully saturated rings. The van der Waals surface area contributed by atoms with Crippen molar-refractivity contribution in [1.82, 2.24) is 14.7 Å². The lowest BCUT2D eigenvalue weighted by Gasteiger charge is -2.37. The summed E-state index contributed by atoms with van der Waals surface area (Å²) in [5.41, 5.74) is 1.33. The van der Waals surface area contributed by atoms with Crippen molar-refractivity contribution >= 4 is 11.8 Å². The van der Waals surface area contributed by atoms with E-state index in [4.69, 9.17) is 0 Å². The zero-order valence-electron chi connectivity index (χ0n) is 16.5. The third-order valence-electron chi connectivity index (χ3n) is 6.82. The molecule has 1 aromatic rings. The number of likely N-dealkylation sites (tertiary alicyclic amines) is 3. The molecular formula is C22H31N3O2. The van der Waals surface area contributed by atoms with Gasteiger partial charge in [0, 0.05) is 44.6 Å². The Morgan fingerprint density at radius 1 is 1.04 bits per heavy atom. The van der Waals surface area contributed by atoms with Crippen LogP contribution in [0.2, 0.25) is 0 Å². The van der Waals surface area contributed by atoms with Gasteiger partial charge in [-0.25, -0.2) is 0 Å². The number of carbonyl (C=O) groups is 2. The first-order valence-electron chi connectivity index (χ1n) is 10.4. The Kier molecular flexibility index (Phi) is 5.22. The van der Waals surface area contributed by atoms with Gasteiger partial charge >= 0.3 is 0 Å². The maximum Gasteiger partial charge on any atom is 0.228 e. The van der Waals surface area contributed by atoms with Crippen LogP contribution in [0.4, 0.5) is 0 Å². The van der Waals surface area contributed by atoms with E-state index in [1.807, 2.05) is 0 Å². The summed E-state index contributed by atoms with van der Waals surface area (Å²) in [7, 11) is 4.03. The molecule has 2 amide bonds. The molecule has 4 atom stereocenters. The van der Waals surface area contributed by atoms with Gasteiger partial charge in [0.15, 0.2) is 0 Å². The highest BCUT2D eigenvalue weighted by atomic mass is 16.2. The largest absolute Gasteiger partial charge is 0.345 e. The first-order valence-corrected chi connectivity index (χ1v) is 10.4. The van der Waals surface area contributed by atoms with Gasteiger partial charge in [-0.15, -0.1) is 0 Å². The summed E-state index contributed by atoms with van der Waals surface area (Å²) in [4.78, 5) is 31.7. The Morgan fingerprint density at radius 3 is 2.52 bits per heavy atom. The minimum Gasteiger partial charge on any atom is -0.345 e. The van der Waals surface area contributed by atoms with E-state index in [9.17, 15) is 9.59 Å². The van der Waals surface area contributed by atoms with Gasteiger partial charge < -0.3 is 14.7 Å². The van der Waals surface area contributed by atoms with Gasteiger partial charge in [-0.2, -0.15) is 0 Å². The third-order valence-corrected chi connectivity index (χ3v) is 6.82. The highest BCUT2D eigenvalue weighted by Crippen LogP contribution is 2.39. The fraction of sp³-hybridized carbons (Fsp3) is 0.636. The Labute approximate surface area is 162 Å². The molecule has 27 heavy (non-hydrogen) atoms. The molecular weight excluding hydrogens is 338 g/mol. The van der Waals surface area contributed by atoms with Crippen LogP contribution in [0.1, 0.15) is 43.6 Å². The maximum atomic E-state index is 13.4. The maximum absolute atomic E-state index is 13.4. The van der Waals surface area contributed by atoms with Gasteiger partial charge in [-0.1, -0.05) is 43.2 Å². The Bertz CT molecular complexity index is 692. The first-order chi connectivity index (χ1) is 13.1. The number of rotatable bonds is 2. The second-order valence-electron chi connectivity index (χ2n) is 8.57. The number of benzene rings is 1. The standard InChI is InChI=1S/C22H31N3O2/c1-23-12-8-4-7-11-19-21(23)18(16-9-5-3-6-10-16)15-25(19)22(27)17-13-20(26)24(2)14-17/h3,5-6,9-10,17-19,21H,4,7-8,11-15H2,1-2H3/t17?,18-,19+,21-/m0/s1. The van der Waals surface area contributed by atoms with Crippen molar-refractivity contribution in [2.45, 2.75) is 50.1 Å². The lowest BCUT2D eigenvalue weighted by molar-refractivity contribution is -0.137. The number of likely N-dealkylation sites (N-methyl/N-ethyl adjacent to an activating group) is 1. The molecule has 0 aromatic heterocycles. The van der Waals surface area contributed by atoms with Crippen LogP contribution in [0.3, 0.4) is 0 Å². The topological polar surface area (TPSA) is 43.9 Å². The van der Waals surface area contributed by atoms with Gasteiger partial charge in [-0.05, 0) is 32.0 Å². The summed E-state index contributed by atoms with van der Waals surface area (Å²) in [6, 6.07) is 11.3. The van der Waals surface area contributed by atoms with E-state index in [1.165, 1.54) is 24.8 Å². The smallest absolute Gasteiger partial charge is 0.228 e. The molecule has 3 aliphatic heterocycles. The van der Waals surface area contributed by atoms with Crippen LogP contribution in [-0.2, 0) is 9.59 Å². The zero-order valence-corrected chi connectivity index (χ0v) is 16.5. The lowest BCUT2D eigenvalue weighted by atomic mass is 9.87. The molecule has 0 bridgehead atoms. The fourth-order valence-corrected chi connectivity index (χ4v) is 5.40. The molecule has 0 saturated carbocycles. The second kappa shape index (κ2) is 7.63. The molecule has 0 radical (unpaired) electrons. The van der Waals surface area contributed by atoms with Crippen molar-refractivity contribution < 1.29 is 9.59 Å². The quantitative estimate of drug-likeness (QED) is 0.804. The van der Waals surface area contributed by atoms with Gasteiger partial charge in [0.05, 0.1) is 5.92 Å². The molecule has 3 aliphatic rings. The van der Waals surface area contributed by atoms with Crippen LogP contribution >= 0.6 is 0 Å². The van der Waals surface area contributed by atoms with Crippen LogP contribution in [0.15, 0.2) is 30.3 Å². The minimum atomic E-state index is -0.173. The molecule has 0 aliphatic carbocycles. The van der Waals surface area contributed by atoms with Crippen molar-refractivity contribution in [2.75, 3.05) is 33.7 Å². The number of fused-ring (bicyclic) bond motifs is 1. The highest BCUT2D eigenvalue weighted by molar-refractivity contribution is 5.89. The summed E-state index contributed by atoms with van der Waals surface area (Å²) in [6.45, 7) is 2.44. The zero-order chi connectivity index (χ0) is 19.0. The normalized spacial score (nSPS) is 32.3. The summed E-state index contributed by atoms with van der Waals surface area (Å²) < 4.78 is 0. The molecule has 0 N–H and O–H groups in total. The van der Waals surface area contributed by atoms with Crippen LogP contribution in [0.5, 0.6) is 0 Å². The van der Waals surface area contributed by atoms with Crippen LogP contribution < -0.4 is 0 Å². The van der Waals surface area contributed by atoms with Crippen LogP contribution in [0.25, 0.3) is 0 Å². The SMILES string of the molecule is CN1CC(C(=O)N2C[C@@H](c3ccccc3)[C@H]3[C@H]2CCCCCN3C)CC1=O. The lowest BCUT2D eigenvalue weighted by Crippen LogP contribution is -2.49. The van der Waals surface area contributed by atoms with Crippen molar-refractivity contribution in [1.29, 1.82) is 0 Å². The monoisotopic (exact) mass is 369 g/mol. The minimum absolute atomic E-state index is 0.0958. The van der Waals surface area contributed by atoms with E-state index < -0.39 is 0 Å². The molecule has 0 spiro atoms. The summed E-state index contributed by atoms with van der Waals surface area (Å²) >= 11 is 0. The van der Waals surface area contributed by atoms with E-state index in [-0.39, 0.29) is 23.8 Å². The molecule has 5 heteroatoms. The summed E-state index contributed by atoms with van der Waals surface area (Å²) in [5.74, 6) is 0.458.